The Morgan fingerprint density at radius 3 is 2.38 bits per heavy atom. The quantitative estimate of drug-likeness (QED) is 0.798. The van der Waals surface area contributed by atoms with Crippen molar-refractivity contribution >= 4 is 5.69 Å². The van der Waals surface area contributed by atoms with Crippen LogP contribution in [-0.4, -0.2) is 19.6 Å². The van der Waals surface area contributed by atoms with Gasteiger partial charge in [-0.2, -0.15) is 0 Å². The highest BCUT2D eigenvalue weighted by Gasteiger charge is 2.01. The van der Waals surface area contributed by atoms with Gasteiger partial charge >= 0.3 is 0 Å². The molecule has 0 aliphatic carbocycles. The molecule has 1 rings (SSSR count). The van der Waals surface area contributed by atoms with E-state index in [1.807, 2.05) is 6.92 Å². The molecule has 1 aromatic rings. The van der Waals surface area contributed by atoms with E-state index in [1.165, 1.54) is 24.1 Å². The number of hydrogen-bond acceptors (Lipinski definition) is 2. The lowest BCUT2D eigenvalue weighted by Gasteiger charge is -2.19. The van der Waals surface area contributed by atoms with E-state index in [1.54, 1.807) is 0 Å². The molecule has 2 nitrogen and oxygen atoms in total. The summed E-state index contributed by atoms with van der Waals surface area (Å²) < 4.78 is 0. The summed E-state index contributed by atoms with van der Waals surface area (Å²) in [5.41, 5.74) is 8.39. The molecule has 0 bridgehead atoms. The Hall–Kier alpha value is -1.02. The molecular formula is C14H24N2. The topological polar surface area (TPSA) is 29.3 Å². The predicted molar refractivity (Wildman–Crippen MR) is 72.0 cm³/mol. The van der Waals surface area contributed by atoms with E-state index in [-0.39, 0.29) is 6.04 Å². The highest BCUT2D eigenvalue weighted by Crippen LogP contribution is 2.15. The molecule has 0 amide bonds. The zero-order valence-corrected chi connectivity index (χ0v) is 10.7. The smallest absolute Gasteiger partial charge is 0.0363 e. The van der Waals surface area contributed by atoms with Gasteiger partial charge in [-0.3, -0.25) is 0 Å². The van der Waals surface area contributed by atoms with E-state index in [9.17, 15) is 0 Å². The first kappa shape index (κ1) is 13.0. The number of nitrogens with two attached hydrogens (primary N) is 1. The Morgan fingerprint density at radius 2 is 1.88 bits per heavy atom. The second-order valence-electron chi connectivity index (χ2n) is 4.62. The van der Waals surface area contributed by atoms with Gasteiger partial charge < -0.3 is 10.6 Å². The standard InChI is InChI=1S/C14H24N2/c1-4-5-10-16(3)14-8-6-13(7-9-14)11-12(2)15/h6-9,12H,4-5,10-11,15H2,1-3H3. The first-order valence-electron chi connectivity index (χ1n) is 6.19. The lowest BCUT2D eigenvalue weighted by molar-refractivity contribution is 0.737. The van der Waals surface area contributed by atoms with Crippen LogP contribution < -0.4 is 10.6 Å². The molecule has 0 aliphatic heterocycles. The van der Waals surface area contributed by atoms with Crippen molar-refractivity contribution in [2.75, 3.05) is 18.5 Å². The van der Waals surface area contributed by atoms with Gasteiger partial charge in [-0.05, 0) is 37.5 Å². The van der Waals surface area contributed by atoms with E-state index in [0.29, 0.717) is 0 Å². The molecule has 0 aliphatic rings. The van der Waals surface area contributed by atoms with E-state index in [0.717, 1.165) is 13.0 Å². The number of benzene rings is 1. The molecule has 2 N–H and O–H groups in total. The van der Waals surface area contributed by atoms with E-state index in [2.05, 4.69) is 43.1 Å². The maximum absolute atomic E-state index is 5.78. The summed E-state index contributed by atoms with van der Waals surface area (Å²) in [5, 5.41) is 0. The van der Waals surface area contributed by atoms with Crippen LogP contribution in [0, 0.1) is 0 Å². The molecule has 1 atom stereocenters. The van der Waals surface area contributed by atoms with Crippen LogP contribution in [0.15, 0.2) is 24.3 Å². The number of rotatable bonds is 6. The molecule has 0 saturated carbocycles. The minimum absolute atomic E-state index is 0.240. The van der Waals surface area contributed by atoms with Crippen LogP contribution in [0.2, 0.25) is 0 Å². The fraction of sp³-hybridized carbons (Fsp3) is 0.571. The molecule has 1 aromatic carbocycles. The summed E-state index contributed by atoms with van der Waals surface area (Å²) in [6, 6.07) is 8.98. The van der Waals surface area contributed by atoms with Crippen molar-refractivity contribution in [2.45, 2.75) is 39.2 Å². The van der Waals surface area contributed by atoms with Crippen molar-refractivity contribution in [3.05, 3.63) is 29.8 Å². The van der Waals surface area contributed by atoms with Gasteiger partial charge in [-0.15, -0.1) is 0 Å². The van der Waals surface area contributed by atoms with Crippen molar-refractivity contribution in [3.8, 4) is 0 Å². The average Bonchev–Trinajstić information content (AvgIpc) is 2.26. The Labute approximate surface area is 99.5 Å². The molecule has 0 spiro atoms. The third-order valence-electron chi connectivity index (χ3n) is 2.78. The molecular weight excluding hydrogens is 196 g/mol. The van der Waals surface area contributed by atoms with Gasteiger partial charge in [0.05, 0.1) is 0 Å². The highest BCUT2D eigenvalue weighted by molar-refractivity contribution is 5.46. The van der Waals surface area contributed by atoms with Crippen molar-refractivity contribution < 1.29 is 0 Å². The first-order valence-corrected chi connectivity index (χ1v) is 6.19. The van der Waals surface area contributed by atoms with Crippen molar-refractivity contribution in [3.63, 3.8) is 0 Å². The molecule has 2 heteroatoms. The van der Waals surface area contributed by atoms with Gasteiger partial charge in [0, 0.05) is 25.3 Å². The normalized spacial score (nSPS) is 12.5. The van der Waals surface area contributed by atoms with Gasteiger partial charge in [0.25, 0.3) is 0 Å². The molecule has 0 fully saturated rings. The zero-order chi connectivity index (χ0) is 12.0. The maximum Gasteiger partial charge on any atom is 0.0363 e. The molecule has 1 unspecified atom stereocenters. The number of unbranched alkanes of at least 4 members (excludes halogenated alkanes) is 1. The zero-order valence-electron chi connectivity index (χ0n) is 10.7. The number of anilines is 1. The minimum atomic E-state index is 0.240. The molecule has 0 aromatic heterocycles. The summed E-state index contributed by atoms with van der Waals surface area (Å²) in [4.78, 5) is 2.30. The molecule has 90 valence electrons. The Kier molecular flexibility index (Phi) is 5.33. The largest absolute Gasteiger partial charge is 0.375 e. The fourth-order valence-corrected chi connectivity index (χ4v) is 1.78. The van der Waals surface area contributed by atoms with Crippen LogP contribution in [0.4, 0.5) is 5.69 Å². The van der Waals surface area contributed by atoms with Crippen molar-refractivity contribution in [1.29, 1.82) is 0 Å². The predicted octanol–water partition coefficient (Wildman–Crippen LogP) is 2.81. The maximum atomic E-state index is 5.78. The monoisotopic (exact) mass is 220 g/mol. The molecule has 0 heterocycles. The average molecular weight is 220 g/mol. The van der Waals surface area contributed by atoms with Crippen molar-refractivity contribution in [1.82, 2.24) is 0 Å². The molecule has 0 saturated heterocycles. The minimum Gasteiger partial charge on any atom is -0.375 e. The van der Waals surface area contributed by atoms with E-state index < -0.39 is 0 Å². The van der Waals surface area contributed by atoms with Crippen LogP contribution in [0.5, 0.6) is 0 Å². The Morgan fingerprint density at radius 1 is 1.25 bits per heavy atom. The number of hydrogen-bond donors (Lipinski definition) is 1. The second kappa shape index (κ2) is 6.54. The van der Waals surface area contributed by atoms with Crippen LogP contribution in [0.3, 0.4) is 0 Å². The van der Waals surface area contributed by atoms with Gasteiger partial charge in [0.1, 0.15) is 0 Å². The van der Waals surface area contributed by atoms with Crippen LogP contribution in [0.1, 0.15) is 32.3 Å². The van der Waals surface area contributed by atoms with Gasteiger partial charge in [0.2, 0.25) is 0 Å². The Bertz CT molecular complexity index is 290. The van der Waals surface area contributed by atoms with Crippen LogP contribution >= 0.6 is 0 Å². The number of nitrogens with zero attached hydrogens (tertiary/aromatic N) is 1. The lowest BCUT2D eigenvalue weighted by atomic mass is 10.1. The Balaban J connectivity index is 2.56. The van der Waals surface area contributed by atoms with E-state index in [4.69, 9.17) is 5.73 Å². The van der Waals surface area contributed by atoms with E-state index >= 15 is 0 Å². The first-order chi connectivity index (χ1) is 7.63. The highest BCUT2D eigenvalue weighted by atomic mass is 15.1. The van der Waals surface area contributed by atoms with Crippen LogP contribution in [-0.2, 0) is 6.42 Å². The summed E-state index contributed by atoms with van der Waals surface area (Å²) in [5.74, 6) is 0. The SMILES string of the molecule is CCCCN(C)c1ccc(CC(C)N)cc1. The van der Waals surface area contributed by atoms with Crippen LogP contribution in [0.25, 0.3) is 0 Å². The third kappa shape index (κ3) is 4.23. The van der Waals surface area contributed by atoms with Crippen molar-refractivity contribution in [2.24, 2.45) is 5.73 Å². The summed E-state index contributed by atoms with van der Waals surface area (Å²) in [6.07, 6.45) is 3.45. The second-order valence-corrected chi connectivity index (χ2v) is 4.62. The van der Waals surface area contributed by atoms with Gasteiger partial charge in [-0.1, -0.05) is 25.5 Å². The molecule has 16 heavy (non-hydrogen) atoms. The third-order valence-corrected chi connectivity index (χ3v) is 2.78. The van der Waals surface area contributed by atoms with Gasteiger partial charge in [-0.25, -0.2) is 0 Å². The fourth-order valence-electron chi connectivity index (χ4n) is 1.78. The lowest BCUT2D eigenvalue weighted by Crippen LogP contribution is -2.19. The summed E-state index contributed by atoms with van der Waals surface area (Å²) >= 11 is 0. The summed E-state index contributed by atoms with van der Waals surface area (Å²) in [7, 11) is 2.15. The summed E-state index contributed by atoms with van der Waals surface area (Å²) in [6.45, 7) is 5.39. The molecule has 0 radical (unpaired) electrons. The van der Waals surface area contributed by atoms with Gasteiger partial charge in [0.15, 0.2) is 0 Å².